The summed E-state index contributed by atoms with van der Waals surface area (Å²) >= 11 is 0. The van der Waals surface area contributed by atoms with Gasteiger partial charge in [0.2, 0.25) is 0 Å². The van der Waals surface area contributed by atoms with Crippen LogP contribution in [0.5, 0.6) is 11.5 Å². The van der Waals surface area contributed by atoms with E-state index in [1.807, 2.05) is 6.07 Å². The lowest BCUT2D eigenvalue weighted by Crippen LogP contribution is -2.25. The molecule has 0 unspecified atom stereocenters. The predicted octanol–water partition coefficient (Wildman–Crippen LogP) is 9.24. The van der Waals surface area contributed by atoms with E-state index in [1.165, 1.54) is 55.3 Å². The lowest BCUT2D eigenvalue weighted by molar-refractivity contribution is 0.419. The van der Waals surface area contributed by atoms with Crippen molar-refractivity contribution in [1.82, 2.24) is 0 Å². The first-order valence-electron chi connectivity index (χ1n) is 12.5. The number of para-hydroxylation sites is 1. The quantitative estimate of drug-likeness (QED) is 0.246. The smallest absolute Gasteiger partial charge is 0.132 e. The van der Waals surface area contributed by atoms with Gasteiger partial charge in [-0.3, -0.25) is 0 Å². The van der Waals surface area contributed by atoms with Crippen molar-refractivity contribution in [3.05, 3.63) is 119 Å². The van der Waals surface area contributed by atoms with Crippen LogP contribution in [0.2, 0.25) is 0 Å². The lowest BCUT2D eigenvalue weighted by Gasteiger charge is -2.36. The second kappa shape index (κ2) is 6.86. The minimum atomic E-state index is -0.158. The fourth-order valence-electron chi connectivity index (χ4n) is 6.59. The van der Waals surface area contributed by atoms with E-state index in [4.69, 9.17) is 4.74 Å². The van der Waals surface area contributed by atoms with Crippen LogP contribution < -0.4 is 4.74 Å². The zero-order valence-electron chi connectivity index (χ0n) is 20.6. The van der Waals surface area contributed by atoms with Gasteiger partial charge in [0.1, 0.15) is 11.5 Å². The molecule has 0 N–H and O–H groups in total. The summed E-state index contributed by atoms with van der Waals surface area (Å²) in [5, 5.41) is 2.66. The van der Waals surface area contributed by atoms with Crippen LogP contribution in [0.3, 0.4) is 0 Å². The van der Waals surface area contributed by atoms with Gasteiger partial charge in [-0.2, -0.15) is 0 Å². The first-order chi connectivity index (χ1) is 16.9. The van der Waals surface area contributed by atoms with Gasteiger partial charge in [-0.05, 0) is 62.4 Å². The average molecular weight is 453 g/mol. The SMILES string of the molecule is CC1(C)c2ccccc2Oc2cccc(-c3ccc4c(c3)C(C)(C)c3c-4ccc4ccccc34)c21. The van der Waals surface area contributed by atoms with E-state index in [2.05, 4.69) is 119 Å². The van der Waals surface area contributed by atoms with Crippen molar-refractivity contribution in [2.45, 2.75) is 38.5 Å². The van der Waals surface area contributed by atoms with E-state index in [9.17, 15) is 0 Å². The zero-order valence-corrected chi connectivity index (χ0v) is 20.6. The Bertz CT molecular complexity index is 1670. The van der Waals surface area contributed by atoms with Gasteiger partial charge >= 0.3 is 0 Å². The molecule has 1 aliphatic carbocycles. The molecule has 0 aromatic heterocycles. The minimum absolute atomic E-state index is 0.0744. The molecule has 0 atom stereocenters. The van der Waals surface area contributed by atoms with Gasteiger partial charge in [0.05, 0.1) is 0 Å². The Hall–Kier alpha value is -3.84. The molecular weight excluding hydrogens is 424 g/mol. The molecule has 1 heterocycles. The average Bonchev–Trinajstić information content (AvgIpc) is 3.10. The first kappa shape index (κ1) is 20.5. The topological polar surface area (TPSA) is 9.23 Å². The lowest BCUT2D eigenvalue weighted by atomic mass is 9.72. The summed E-state index contributed by atoms with van der Waals surface area (Å²) in [5.41, 5.74) is 10.3. The van der Waals surface area contributed by atoms with Gasteiger partial charge in [-0.1, -0.05) is 107 Å². The van der Waals surface area contributed by atoms with Crippen molar-refractivity contribution in [3.63, 3.8) is 0 Å². The van der Waals surface area contributed by atoms with Crippen molar-refractivity contribution in [2.24, 2.45) is 0 Å². The molecule has 1 heteroatoms. The number of hydrogen-bond donors (Lipinski definition) is 0. The molecule has 1 aliphatic heterocycles. The normalized spacial score (nSPS) is 16.1. The number of rotatable bonds is 1. The standard InChI is InChI=1S/C34H28O/c1-33(2)27-13-7-8-14-29(27)35-30-15-9-12-24(32(30)33)22-17-18-25-26-19-16-21-10-5-6-11-23(21)31(26)34(3,4)28(25)20-22/h5-20H,1-4H3. The van der Waals surface area contributed by atoms with E-state index in [1.54, 1.807) is 0 Å². The summed E-state index contributed by atoms with van der Waals surface area (Å²) in [7, 11) is 0. The molecule has 0 saturated heterocycles. The van der Waals surface area contributed by atoms with Crippen LogP contribution in [-0.2, 0) is 10.8 Å². The van der Waals surface area contributed by atoms with Crippen LogP contribution in [-0.4, -0.2) is 0 Å². The van der Waals surface area contributed by atoms with E-state index in [0.717, 1.165) is 11.5 Å². The molecule has 0 bridgehead atoms. The molecule has 5 aromatic rings. The fourth-order valence-corrected chi connectivity index (χ4v) is 6.59. The van der Waals surface area contributed by atoms with E-state index in [-0.39, 0.29) is 10.8 Å². The maximum atomic E-state index is 6.41. The Kier molecular flexibility index (Phi) is 4.02. The van der Waals surface area contributed by atoms with Crippen LogP contribution >= 0.6 is 0 Å². The molecule has 2 aliphatic rings. The van der Waals surface area contributed by atoms with E-state index in [0.29, 0.717) is 0 Å². The number of benzene rings is 5. The molecule has 170 valence electrons. The second-order valence-electron chi connectivity index (χ2n) is 11.0. The summed E-state index contributed by atoms with van der Waals surface area (Å²) in [5.74, 6) is 1.92. The molecule has 0 saturated carbocycles. The number of ether oxygens (including phenoxy) is 1. The molecular formula is C34H28O. The third-order valence-corrected chi connectivity index (χ3v) is 8.28. The molecule has 0 radical (unpaired) electrons. The van der Waals surface area contributed by atoms with Crippen molar-refractivity contribution in [1.29, 1.82) is 0 Å². The van der Waals surface area contributed by atoms with E-state index >= 15 is 0 Å². The Labute approximate surface area is 207 Å². The van der Waals surface area contributed by atoms with Gasteiger partial charge in [0.25, 0.3) is 0 Å². The van der Waals surface area contributed by atoms with Gasteiger partial charge in [0, 0.05) is 22.0 Å². The highest BCUT2D eigenvalue weighted by Crippen LogP contribution is 2.54. The largest absolute Gasteiger partial charge is 0.457 e. The maximum absolute atomic E-state index is 6.41. The van der Waals surface area contributed by atoms with Crippen LogP contribution in [0.15, 0.2) is 97.1 Å². The van der Waals surface area contributed by atoms with Crippen LogP contribution in [0, 0.1) is 0 Å². The number of hydrogen-bond acceptors (Lipinski definition) is 1. The number of fused-ring (bicyclic) bond motifs is 7. The molecule has 0 fully saturated rings. The van der Waals surface area contributed by atoms with Crippen molar-refractivity contribution in [3.8, 4) is 33.8 Å². The van der Waals surface area contributed by atoms with Crippen LogP contribution in [0.4, 0.5) is 0 Å². The van der Waals surface area contributed by atoms with Crippen molar-refractivity contribution in [2.75, 3.05) is 0 Å². The highest BCUT2D eigenvalue weighted by molar-refractivity contribution is 5.98. The monoisotopic (exact) mass is 452 g/mol. The molecule has 5 aromatic carbocycles. The van der Waals surface area contributed by atoms with Crippen LogP contribution in [0.25, 0.3) is 33.0 Å². The summed E-state index contributed by atoms with van der Waals surface area (Å²) in [4.78, 5) is 0. The van der Waals surface area contributed by atoms with Gasteiger partial charge in [-0.25, -0.2) is 0 Å². The van der Waals surface area contributed by atoms with Gasteiger partial charge in [0.15, 0.2) is 0 Å². The molecule has 1 nitrogen and oxygen atoms in total. The Morgan fingerprint density at radius 3 is 2.11 bits per heavy atom. The maximum Gasteiger partial charge on any atom is 0.132 e. The summed E-state index contributed by atoms with van der Waals surface area (Å²) in [6.45, 7) is 9.38. The van der Waals surface area contributed by atoms with Crippen LogP contribution in [0.1, 0.15) is 49.9 Å². The molecule has 35 heavy (non-hydrogen) atoms. The Balaban J connectivity index is 1.44. The van der Waals surface area contributed by atoms with Crippen molar-refractivity contribution < 1.29 is 4.74 Å². The van der Waals surface area contributed by atoms with Gasteiger partial charge in [-0.15, -0.1) is 0 Å². The first-order valence-corrected chi connectivity index (χ1v) is 12.5. The summed E-state index contributed by atoms with van der Waals surface area (Å²) in [6, 6.07) is 35.3. The Morgan fingerprint density at radius 1 is 0.514 bits per heavy atom. The third-order valence-electron chi connectivity index (χ3n) is 8.28. The third kappa shape index (κ3) is 2.70. The van der Waals surface area contributed by atoms with Crippen molar-refractivity contribution >= 4 is 10.8 Å². The Morgan fingerprint density at radius 2 is 1.23 bits per heavy atom. The van der Waals surface area contributed by atoms with E-state index < -0.39 is 0 Å². The highest BCUT2D eigenvalue weighted by Gasteiger charge is 2.39. The molecule has 7 rings (SSSR count). The fraction of sp³-hybridized carbons (Fsp3) is 0.176. The summed E-state index contributed by atoms with van der Waals surface area (Å²) in [6.07, 6.45) is 0. The zero-order chi connectivity index (χ0) is 23.9. The highest BCUT2D eigenvalue weighted by atomic mass is 16.5. The van der Waals surface area contributed by atoms with Gasteiger partial charge < -0.3 is 4.74 Å². The second-order valence-corrected chi connectivity index (χ2v) is 11.0. The minimum Gasteiger partial charge on any atom is -0.457 e. The summed E-state index contributed by atoms with van der Waals surface area (Å²) < 4.78 is 6.41. The molecule has 0 amide bonds. The molecule has 0 spiro atoms. The predicted molar refractivity (Wildman–Crippen MR) is 146 cm³/mol.